The third-order valence-corrected chi connectivity index (χ3v) is 5.90. The van der Waals surface area contributed by atoms with Crippen LogP contribution in [0.3, 0.4) is 0 Å². The number of ether oxygens (including phenoxy) is 2. The van der Waals surface area contributed by atoms with E-state index in [2.05, 4.69) is 19.5 Å². The van der Waals surface area contributed by atoms with E-state index in [0.717, 1.165) is 45.9 Å². The van der Waals surface area contributed by atoms with E-state index in [1.54, 1.807) is 11.6 Å². The fourth-order valence-electron chi connectivity index (χ4n) is 3.10. The number of aromatic nitrogens is 2. The molecule has 3 heterocycles. The molecule has 1 N–H and O–H groups in total. The van der Waals surface area contributed by atoms with Crippen LogP contribution in [0.2, 0.25) is 0 Å². The third kappa shape index (κ3) is 5.22. The lowest BCUT2D eigenvalue weighted by Gasteiger charge is -2.36. The molecule has 0 saturated carbocycles. The lowest BCUT2D eigenvalue weighted by atomic mass is 10.2. The van der Waals surface area contributed by atoms with Crippen molar-refractivity contribution in [3.05, 3.63) is 12.5 Å². The van der Waals surface area contributed by atoms with Crippen LogP contribution in [0.5, 0.6) is 0 Å². The number of nitrogens with zero attached hydrogens (tertiary/aromatic N) is 4. The van der Waals surface area contributed by atoms with Gasteiger partial charge in [0, 0.05) is 46.0 Å². The molecule has 2 fully saturated rings. The first-order valence-corrected chi connectivity index (χ1v) is 10.1. The summed E-state index contributed by atoms with van der Waals surface area (Å²) < 4.78 is 40.6. The molecule has 2 aliphatic heterocycles. The molecular weight excluding hydrogens is 346 g/mol. The van der Waals surface area contributed by atoms with Crippen LogP contribution in [-0.4, -0.2) is 93.1 Å². The molecule has 3 rings (SSSR count). The number of nitrogens with one attached hydrogen (secondary N) is 1. The number of hydrogen-bond donors (Lipinski definition) is 1. The van der Waals surface area contributed by atoms with Crippen molar-refractivity contribution in [2.75, 3.05) is 59.2 Å². The van der Waals surface area contributed by atoms with Crippen LogP contribution < -0.4 is 4.72 Å². The Morgan fingerprint density at radius 2 is 1.80 bits per heavy atom. The third-order valence-electron chi connectivity index (χ3n) is 4.56. The van der Waals surface area contributed by atoms with Crippen molar-refractivity contribution >= 4 is 10.0 Å². The fraction of sp³-hybridized carbons (Fsp3) is 0.800. The molecule has 0 spiro atoms. The van der Waals surface area contributed by atoms with Crippen LogP contribution in [-0.2, 0) is 26.5 Å². The highest BCUT2D eigenvalue weighted by Gasteiger charge is 2.28. The van der Waals surface area contributed by atoms with E-state index in [1.165, 1.54) is 12.5 Å². The Balaban J connectivity index is 1.66. The Labute approximate surface area is 148 Å². The van der Waals surface area contributed by atoms with Crippen LogP contribution in [0.4, 0.5) is 0 Å². The molecule has 142 valence electrons. The van der Waals surface area contributed by atoms with E-state index in [4.69, 9.17) is 9.47 Å². The lowest BCUT2D eigenvalue weighted by Crippen LogP contribution is -2.53. The minimum absolute atomic E-state index is 0.0552. The SMILES string of the molecule is Cn1cnc(S(=O)(=O)NC(CCN2CCOCC2)N2CCOCC2)c1. The number of rotatable bonds is 7. The number of aryl methyl sites for hydroxylation is 1. The number of sulfonamides is 1. The molecule has 9 nitrogen and oxygen atoms in total. The summed E-state index contributed by atoms with van der Waals surface area (Å²) in [5.74, 6) is 0. The number of imidazole rings is 1. The minimum Gasteiger partial charge on any atom is -0.379 e. The van der Waals surface area contributed by atoms with Gasteiger partial charge < -0.3 is 14.0 Å². The average Bonchev–Trinajstić information content (AvgIpc) is 3.08. The molecule has 1 aromatic heterocycles. The van der Waals surface area contributed by atoms with Gasteiger partial charge in [-0.1, -0.05) is 0 Å². The maximum atomic E-state index is 12.7. The summed E-state index contributed by atoms with van der Waals surface area (Å²) in [6, 6.07) is 0. The summed E-state index contributed by atoms with van der Waals surface area (Å²) >= 11 is 0. The van der Waals surface area contributed by atoms with Crippen molar-refractivity contribution in [1.82, 2.24) is 24.1 Å². The molecule has 1 unspecified atom stereocenters. The maximum absolute atomic E-state index is 12.7. The van der Waals surface area contributed by atoms with E-state index < -0.39 is 10.0 Å². The Kier molecular flexibility index (Phi) is 6.42. The summed E-state index contributed by atoms with van der Waals surface area (Å²) in [5.41, 5.74) is 0. The zero-order chi connectivity index (χ0) is 17.7. The highest BCUT2D eigenvalue weighted by Crippen LogP contribution is 2.12. The monoisotopic (exact) mass is 373 g/mol. The van der Waals surface area contributed by atoms with Gasteiger partial charge in [0.05, 0.1) is 38.9 Å². The first kappa shape index (κ1) is 18.7. The molecule has 0 bridgehead atoms. The molecule has 2 aliphatic rings. The maximum Gasteiger partial charge on any atom is 0.260 e. The normalized spacial score (nSPS) is 22.1. The zero-order valence-corrected chi connectivity index (χ0v) is 15.4. The lowest BCUT2D eigenvalue weighted by molar-refractivity contribution is 0.00316. The summed E-state index contributed by atoms with van der Waals surface area (Å²) in [4.78, 5) is 8.43. The standard InChI is InChI=1S/C15H27N5O4S/c1-18-12-15(16-13-18)25(21,22)17-14(20-6-10-24-11-7-20)2-3-19-4-8-23-9-5-19/h12-14,17H,2-11H2,1H3. The molecule has 0 aromatic carbocycles. The fourth-order valence-corrected chi connectivity index (χ4v) is 4.34. The molecule has 0 amide bonds. The van der Waals surface area contributed by atoms with Crippen LogP contribution in [0.15, 0.2) is 17.6 Å². The Bertz CT molecular complexity index is 638. The average molecular weight is 373 g/mol. The Morgan fingerprint density at radius 1 is 1.16 bits per heavy atom. The van der Waals surface area contributed by atoms with Crippen LogP contribution in [0.1, 0.15) is 6.42 Å². The first-order valence-electron chi connectivity index (χ1n) is 8.67. The van der Waals surface area contributed by atoms with Gasteiger partial charge in [0.15, 0.2) is 5.03 Å². The highest BCUT2D eigenvalue weighted by molar-refractivity contribution is 7.89. The van der Waals surface area contributed by atoms with E-state index >= 15 is 0 Å². The van der Waals surface area contributed by atoms with Gasteiger partial charge in [0.2, 0.25) is 0 Å². The molecule has 2 saturated heterocycles. The van der Waals surface area contributed by atoms with Crippen molar-refractivity contribution in [2.45, 2.75) is 17.6 Å². The summed E-state index contributed by atoms with van der Waals surface area (Å²) in [5, 5.41) is 0.0552. The second-order valence-electron chi connectivity index (χ2n) is 6.41. The molecule has 1 aromatic rings. The predicted molar refractivity (Wildman–Crippen MR) is 91.6 cm³/mol. The quantitative estimate of drug-likeness (QED) is 0.661. The van der Waals surface area contributed by atoms with Crippen LogP contribution >= 0.6 is 0 Å². The van der Waals surface area contributed by atoms with Crippen molar-refractivity contribution in [1.29, 1.82) is 0 Å². The molecule has 25 heavy (non-hydrogen) atoms. The van der Waals surface area contributed by atoms with E-state index in [1.807, 2.05) is 0 Å². The number of hydrogen-bond acceptors (Lipinski definition) is 7. The molecule has 10 heteroatoms. The summed E-state index contributed by atoms with van der Waals surface area (Å²) in [6.07, 6.45) is 3.46. The summed E-state index contributed by atoms with van der Waals surface area (Å²) in [7, 11) is -1.89. The molecular formula is C15H27N5O4S. The van der Waals surface area contributed by atoms with Gasteiger partial charge in [-0.2, -0.15) is 4.72 Å². The van der Waals surface area contributed by atoms with Gasteiger partial charge in [-0.15, -0.1) is 0 Å². The summed E-state index contributed by atoms with van der Waals surface area (Å²) in [6.45, 7) is 6.78. The highest BCUT2D eigenvalue weighted by atomic mass is 32.2. The second kappa shape index (κ2) is 8.56. The minimum atomic E-state index is -3.65. The Hall–Kier alpha value is -1.04. The smallest absolute Gasteiger partial charge is 0.260 e. The van der Waals surface area contributed by atoms with Gasteiger partial charge in [0.25, 0.3) is 10.0 Å². The molecule has 0 aliphatic carbocycles. The van der Waals surface area contributed by atoms with Gasteiger partial charge in [-0.3, -0.25) is 9.80 Å². The van der Waals surface area contributed by atoms with E-state index in [0.29, 0.717) is 19.6 Å². The van der Waals surface area contributed by atoms with Gasteiger partial charge in [-0.05, 0) is 6.42 Å². The molecule has 1 atom stereocenters. The Morgan fingerprint density at radius 3 is 2.40 bits per heavy atom. The van der Waals surface area contributed by atoms with Gasteiger partial charge in [0.1, 0.15) is 0 Å². The predicted octanol–water partition coefficient (Wildman–Crippen LogP) is -0.921. The first-order chi connectivity index (χ1) is 12.0. The zero-order valence-electron chi connectivity index (χ0n) is 14.6. The van der Waals surface area contributed by atoms with Crippen molar-refractivity contribution in [2.24, 2.45) is 7.05 Å². The van der Waals surface area contributed by atoms with Crippen LogP contribution in [0, 0.1) is 0 Å². The van der Waals surface area contributed by atoms with Gasteiger partial charge in [-0.25, -0.2) is 13.4 Å². The topological polar surface area (TPSA) is 88.9 Å². The van der Waals surface area contributed by atoms with Crippen molar-refractivity contribution in [3.8, 4) is 0 Å². The largest absolute Gasteiger partial charge is 0.379 e. The second-order valence-corrected chi connectivity index (χ2v) is 8.07. The van der Waals surface area contributed by atoms with E-state index in [9.17, 15) is 8.42 Å². The van der Waals surface area contributed by atoms with Crippen molar-refractivity contribution in [3.63, 3.8) is 0 Å². The molecule has 0 radical (unpaired) electrons. The number of morpholine rings is 2. The van der Waals surface area contributed by atoms with Gasteiger partial charge >= 0.3 is 0 Å². The van der Waals surface area contributed by atoms with Crippen LogP contribution in [0.25, 0.3) is 0 Å². The van der Waals surface area contributed by atoms with Crippen molar-refractivity contribution < 1.29 is 17.9 Å². The van der Waals surface area contributed by atoms with E-state index in [-0.39, 0.29) is 11.2 Å².